The van der Waals surface area contributed by atoms with E-state index in [0.717, 1.165) is 28.4 Å². The van der Waals surface area contributed by atoms with Crippen molar-refractivity contribution in [1.29, 1.82) is 0 Å². The Bertz CT molecular complexity index is 1370. The third-order valence-electron chi connectivity index (χ3n) is 5.50. The molecule has 0 heterocycles. The molecule has 2 heteroatoms. The van der Waals surface area contributed by atoms with Crippen LogP contribution >= 0.6 is 0 Å². The fraction of sp³-hybridized carbons (Fsp3) is 0.0357. The van der Waals surface area contributed by atoms with Crippen molar-refractivity contribution in [2.24, 2.45) is 10.7 Å². The molecule has 0 saturated heterocycles. The second kappa shape index (κ2) is 7.84. The first-order valence-electron chi connectivity index (χ1n) is 10.2. The van der Waals surface area contributed by atoms with Gasteiger partial charge in [0.05, 0.1) is 5.69 Å². The molecular formula is C28H22N2. The summed E-state index contributed by atoms with van der Waals surface area (Å²) in [6.07, 6.45) is 0.815. The number of nitrogens with two attached hydrogens (primary N) is 1. The smallest absolute Gasteiger partial charge is 0.131 e. The van der Waals surface area contributed by atoms with Crippen LogP contribution in [0.3, 0.4) is 0 Å². The second-order valence-corrected chi connectivity index (χ2v) is 7.52. The van der Waals surface area contributed by atoms with E-state index in [1.807, 2.05) is 24.3 Å². The number of hydrogen-bond donors (Lipinski definition) is 1. The fourth-order valence-corrected chi connectivity index (χ4v) is 3.92. The largest absolute Gasteiger partial charge is 0.383 e. The van der Waals surface area contributed by atoms with Crippen LogP contribution in [-0.4, -0.2) is 5.84 Å². The van der Waals surface area contributed by atoms with Crippen LogP contribution in [0, 0.1) is 0 Å². The molecule has 0 aliphatic carbocycles. The Morgan fingerprint density at radius 3 is 2.13 bits per heavy atom. The molecule has 0 atom stereocenters. The van der Waals surface area contributed by atoms with Crippen LogP contribution in [-0.2, 0) is 6.42 Å². The van der Waals surface area contributed by atoms with E-state index in [1.54, 1.807) is 0 Å². The molecule has 0 fully saturated rings. The lowest BCUT2D eigenvalue weighted by Gasteiger charge is -2.12. The minimum atomic E-state index is 0.534. The van der Waals surface area contributed by atoms with Crippen molar-refractivity contribution in [2.45, 2.75) is 6.42 Å². The highest BCUT2D eigenvalue weighted by Crippen LogP contribution is 2.32. The van der Waals surface area contributed by atoms with Gasteiger partial charge in [0.25, 0.3) is 0 Å². The normalized spacial score (nSPS) is 11.8. The molecule has 0 bridgehead atoms. The molecule has 30 heavy (non-hydrogen) atoms. The number of benzene rings is 5. The van der Waals surface area contributed by atoms with Crippen molar-refractivity contribution >= 4 is 33.1 Å². The van der Waals surface area contributed by atoms with Gasteiger partial charge in [0.15, 0.2) is 0 Å². The molecule has 0 saturated carbocycles. The van der Waals surface area contributed by atoms with Gasteiger partial charge in [0.1, 0.15) is 5.84 Å². The van der Waals surface area contributed by atoms with Gasteiger partial charge in [-0.05, 0) is 39.8 Å². The van der Waals surface area contributed by atoms with Gasteiger partial charge in [0, 0.05) is 10.9 Å². The van der Waals surface area contributed by atoms with E-state index < -0.39 is 0 Å². The number of rotatable bonds is 4. The van der Waals surface area contributed by atoms with Crippen molar-refractivity contribution in [2.75, 3.05) is 0 Å². The van der Waals surface area contributed by atoms with Crippen molar-refractivity contribution < 1.29 is 0 Å². The monoisotopic (exact) mass is 386 g/mol. The van der Waals surface area contributed by atoms with E-state index in [9.17, 15) is 0 Å². The molecule has 0 aromatic heterocycles. The Balaban J connectivity index is 1.64. The van der Waals surface area contributed by atoms with Gasteiger partial charge in [-0.3, -0.25) is 0 Å². The summed E-state index contributed by atoms with van der Waals surface area (Å²) in [4.78, 5) is 4.95. The summed E-state index contributed by atoms with van der Waals surface area (Å²) in [5, 5.41) is 4.65. The zero-order valence-corrected chi connectivity index (χ0v) is 16.6. The minimum absolute atomic E-state index is 0.534. The molecule has 0 spiro atoms. The van der Waals surface area contributed by atoms with Crippen LogP contribution in [0.15, 0.2) is 114 Å². The molecule has 0 unspecified atom stereocenters. The number of fused-ring (bicyclic) bond motifs is 2. The van der Waals surface area contributed by atoms with Gasteiger partial charge in [-0.15, -0.1) is 0 Å². The van der Waals surface area contributed by atoms with Crippen LogP contribution < -0.4 is 5.73 Å². The Morgan fingerprint density at radius 2 is 1.30 bits per heavy atom. The summed E-state index contributed by atoms with van der Waals surface area (Å²) in [6.45, 7) is 0. The van der Waals surface area contributed by atoms with Gasteiger partial charge in [-0.1, -0.05) is 103 Å². The number of amidine groups is 1. The van der Waals surface area contributed by atoms with Crippen LogP contribution in [0.1, 0.15) is 16.7 Å². The van der Waals surface area contributed by atoms with Gasteiger partial charge in [-0.25, -0.2) is 4.99 Å². The highest BCUT2D eigenvalue weighted by molar-refractivity contribution is 6.05. The van der Waals surface area contributed by atoms with Crippen LogP contribution in [0.4, 0.5) is 5.69 Å². The standard InChI is InChI=1S/C28H22N2/c29-28(25-17-14-21-10-4-5-12-23(21)19-25)30-27-24(18-20-8-2-1-3-9-20)16-15-22-11-6-7-13-26(22)27/h1-17,19H,18H2,(H2,29,30). The Morgan fingerprint density at radius 1 is 0.633 bits per heavy atom. The molecule has 2 nitrogen and oxygen atoms in total. The fourth-order valence-electron chi connectivity index (χ4n) is 3.92. The number of hydrogen-bond acceptors (Lipinski definition) is 1. The van der Waals surface area contributed by atoms with Gasteiger partial charge < -0.3 is 5.73 Å². The molecular weight excluding hydrogens is 364 g/mol. The maximum atomic E-state index is 6.52. The van der Waals surface area contributed by atoms with Gasteiger partial charge in [0.2, 0.25) is 0 Å². The maximum absolute atomic E-state index is 6.52. The second-order valence-electron chi connectivity index (χ2n) is 7.52. The number of aliphatic imine (C=N–C) groups is 1. The van der Waals surface area contributed by atoms with E-state index >= 15 is 0 Å². The first-order chi connectivity index (χ1) is 14.8. The molecule has 144 valence electrons. The van der Waals surface area contributed by atoms with Crippen molar-refractivity contribution in [1.82, 2.24) is 0 Å². The van der Waals surface area contributed by atoms with Crippen molar-refractivity contribution in [3.05, 3.63) is 126 Å². The molecule has 5 aromatic carbocycles. The zero-order chi connectivity index (χ0) is 20.3. The van der Waals surface area contributed by atoms with Gasteiger partial charge >= 0.3 is 0 Å². The quantitative estimate of drug-likeness (QED) is 0.273. The Kier molecular flexibility index (Phi) is 4.74. The lowest BCUT2D eigenvalue weighted by molar-refractivity contribution is 1.19. The maximum Gasteiger partial charge on any atom is 0.131 e. The van der Waals surface area contributed by atoms with Crippen molar-refractivity contribution in [3.63, 3.8) is 0 Å². The first-order valence-corrected chi connectivity index (χ1v) is 10.2. The average Bonchev–Trinajstić information content (AvgIpc) is 2.81. The molecule has 0 aliphatic heterocycles. The molecule has 2 N–H and O–H groups in total. The van der Waals surface area contributed by atoms with E-state index in [0.29, 0.717) is 5.84 Å². The predicted molar refractivity (Wildman–Crippen MR) is 128 cm³/mol. The minimum Gasteiger partial charge on any atom is -0.383 e. The molecule has 5 rings (SSSR count). The lowest BCUT2D eigenvalue weighted by Crippen LogP contribution is -2.13. The van der Waals surface area contributed by atoms with E-state index in [1.165, 1.54) is 21.9 Å². The summed E-state index contributed by atoms with van der Waals surface area (Å²) < 4.78 is 0. The van der Waals surface area contributed by atoms with Crippen LogP contribution in [0.2, 0.25) is 0 Å². The summed E-state index contributed by atoms with van der Waals surface area (Å²) in [5.41, 5.74) is 10.8. The predicted octanol–water partition coefficient (Wildman–Crippen LogP) is 6.62. The highest BCUT2D eigenvalue weighted by atomic mass is 14.9. The summed E-state index contributed by atoms with van der Waals surface area (Å²) in [7, 11) is 0. The van der Waals surface area contributed by atoms with E-state index in [4.69, 9.17) is 10.7 Å². The number of nitrogens with zero attached hydrogens (tertiary/aromatic N) is 1. The van der Waals surface area contributed by atoms with E-state index in [-0.39, 0.29) is 0 Å². The zero-order valence-electron chi connectivity index (χ0n) is 16.6. The molecule has 5 aromatic rings. The average molecular weight is 386 g/mol. The van der Waals surface area contributed by atoms with E-state index in [2.05, 4.69) is 84.9 Å². The summed E-state index contributed by atoms with van der Waals surface area (Å²) >= 11 is 0. The van der Waals surface area contributed by atoms with Crippen molar-refractivity contribution in [3.8, 4) is 0 Å². The summed E-state index contributed by atoms with van der Waals surface area (Å²) in [6, 6.07) is 37.7. The molecule has 0 amide bonds. The SMILES string of the molecule is NC(=Nc1c(Cc2ccccc2)ccc2ccccc12)c1ccc2ccccc2c1. The Labute approximate surface area is 176 Å². The Hall–Kier alpha value is -3.91. The molecule has 0 radical (unpaired) electrons. The lowest BCUT2D eigenvalue weighted by atomic mass is 9.98. The highest BCUT2D eigenvalue weighted by Gasteiger charge is 2.10. The van der Waals surface area contributed by atoms with Crippen LogP contribution in [0.5, 0.6) is 0 Å². The first kappa shape index (κ1) is 18.1. The summed E-state index contributed by atoms with van der Waals surface area (Å²) in [5.74, 6) is 0.534. The third-order valence-corrected chi connectivity index (χ3v) is 5.50. The molecule has 0 aliphatic rings. The topological polar surface area (TPSA) is 38.4 Å². The third kappa shape index (κ3) is 3.56. The van der Waals surface area contributed by atoms with Crippen LogP contribution in [0.25, 0.3) is 21.5 Å². The van der Waals surface area contributed by atoms with Gasteiger partial charge in [-0.2, -0.15) is 0 Å².